The number of rotatable bonds is 3. The Bertz CT molecular complexity index is 982. The average molecular weight is 415 g/mol. The SMILES string of the molecule is C/C(=C/c1ccc2c(c1)C(C)(C)CCC2(C)C)c1ccc(NC(=O)C(F)(F)F)cc1. The van der Waals surface area contributed by atoms with E-state index in [-0.39, 0.29) is 16.5 Å². The predicted molar refractivity (Wildman–Crippen MR) is 116 cm³/mol. The zero-order valence-corrected chi connectivity index (χ0v) is 18.1. The summed E-state index contributed by atoms with van der Waals surface area (Å²) in [6.45, 7) is 11.1. The van der Waals surface area contributed by atoms with Crippen LogP contribution in [0.4, 0.5) is 18.9 Å². The molecule has 0 fully saturated rings. The van der Waals surface area contributed by atoms with Gasteiger partial charge in [0.2, 0.25) is 0 Å². The number of benzene rings is 2. The molecule has 2 nitrogen and oxygen atoms in total. The molecule has 0 spiro atoms. The Hall–Kier alpha value is -2.56. The minimum absolute atomic E-state index is 0.117. The molecule has 2 aromatic rings. The zero-order valence-electron chi connectivity index (χ0n) is 18.1. The third-order valence-corrected chi connectivity index (χ3v) is 6.12. The third kappa shape index (κ3) is 4.61. The van der Waals surface area contributed by atoms with Crippen molar-refractivity contribution in [2.75, 3.05) is 5.32 Å². The first kappa shape index (κ1) is 22.1. The minimum atomic E-state index is -4.90. The van der Waals surface area contributed by atoms with Gasteiger partial charge in [0.1, 0.15) is 0 Å². The van der Waals surface area contributed by atoms with E-state index in [1.807, 2.05) is 12.2 Å². The van der Waals surface area contributed by atoms with E-state index in [2.05, 4.69) is 52.0 Å². The van der Waals surface area contributed by atoms with E-state index in [1.165, 1.54) is 29.7 Å². The number of carbonyl (C=O) groups is 1. The summed E-state index contributed by atoms with van der Waals surface area (Å²) in [4.78, 5) is 11.1. The molecule has 5 heteroatoms. The number of amides is 1. The van der Waals surface area contributed by atoms with Gasteiger partial charge in [0, 0.05) is 5.69 Å². The third-order valence-electron chi connectivity index (χ3n) is 6.12. The lowest BCUT2D eigenvalue weighted by atomic mass is 9.63. The molecule has 0 bridgehead atoms. The average Bonchev–Trinajstić information content (AvgIpc) is 2.65. The number of alkyl halides is 3. The summed E-state index contributed by atoms with van der Waals surface area (Å²) in [6.07, 6.45) is -0.507. The molecule has 0 aliphatic heterocycles. The molecule has 0 radical (unpaired) electrons. The van der Waals surface area contributed by atoms with Crippen LogP contribution in [0.1, 0.15) is 69.7 Å². The topological polar surface area (TPSA) is 29.1 Å². The van der Waals surface area contributed by atoms with Gasteiger partial charge in [-0.3, -0.25) is 4.79 Å². The van der Waals surface area contributed by atoms with Gasteiger partial charge in [-0.15, -0.1) is 0 Å². The van der Waals surface area contributed by atoms with Crippen molar-refractivity contribution in [3.63, 3.8) is 0 Å². The van der Waals surface area contributed by atoms with E-state index in [1.54, 1.807) is 12.1 Å². The van der Waals surface area contributed by atoms with Crippen LogP contribution in [0.2, 0.25) is 0 Å². The van der Waals surface area contributed by atoms with Gasteiger partial charge < -0.3 is 5.32 Å². The van der Waals surface area contributed by atoms with Crippen molar-refractivity contribution < 1.29 is 18.0 Å². The minimum Gasteiger partial charge on any atom is -0.318 e. The predicted octanol–water partition coefficient (Wildman–Crippen LogP) is 7.10. The number of anilines is 1. The molecular formula is C25H28F3NO. The number of carbonyl (C=O) groups excluding carboxylic acids is 1. The summed E-state index contributed by atoms with van der Waals surface area (Å²) in [5.41, 5.74) is 6.18. The smallest absolute Gasteiger partial charge is 0.318 e. The van der Waals surface area contributed by atoms with E-state index in [4.69, 9.17) is 0 Å². The lowest BCUT2D eigenvalue weighted by Crippen LogP contribution is -2.33. The van der Waals surface area contributed by atoms with Crippen molar-refractivity contribution in [2.24, 2.45) is 0 Å². The number of hydrogen-bond donors (Lipinski definition) is 1. The van der Waals surface area contributed by atoms with E-state index >= 15 is 0 Å². The second-order valence-electron chi connectivity index (χ2n) is 9.43. The van der Waals surface area contributed by atoms with Crippen LogP contribution in [0.25, 0.3) is 11.6 Å². The molecule has 1 aliphatic carbocycles. The van der Waals surface area contributed by atoms with Crippen LogP contribution >= 0.6 is 0 Å². The monoisotopic (exact) mass is 415 g/mol. The highest BCUT2D eigenvalue weighted by Gasteiger charge is 2.39. The van der Waals surface area contributed by atoms with E-state index in [0.29, 0.717) is 0 Å². The number of nitrogens with one attached hydrogen (secondary N) is 1. The van der Waals surface area contributed by atoms with E-state index in [0.717, 1.165) is 23.1 Å². The molecule has 0 aromatic heterocycles. The summed E-state index contributed by atoms with van der Waals surface area (Å²) in [5, 5.41) is 1.87. The van der Waals surface area contributed by atoms with Gasteiger partial charge in [-0.25, -0.2) is 0 Å². The maximum absolute atomic E-state index is 12.4. The van der Waals surface area contributed by atoms with Crippen molar-refractivity contribution >= 4 is 23.2 Å². The maximum atomic E-state index is 12.4. The molecular weight excluding hydrogens is 387 g/mol. The molecule has 0 heterocycles. The highest BCUT2D eigenvalue weighted by atomic mass is 19.4. The number of hydrogen-bond acceptors (Lipinski definition) is 1. The fourth-order valence-corrected chi connectivity index (χ4v) is 4.05. The Morgan fingerprint density at radius 2 is 1.50 bits per heavy atom. The highest BCUT2D eigenvalue weighted by molar-refractivity contribution is 5.95. The van der Waals surface area contributed by atoms with E-state index < -0.39 is 12.1 Å². The first-order chi connectivity index (χ1) is 13.8. The van der Waals surface area contributed by atoms with Crippen LogP contribution in [-0.2, 0) is 15.6 Å². The summed E-state index contributed by atoms with van der Waals surface area (Å²) in [6, 6.07) is 13.0. The molecule has 2 aromatic carbocycles. The summed E-state index contributed by atoms with van der Waals surface area (Å²) in [5.74, 6) is -1.97. The van der Waals surface area contributed by atoms with Gasteiger partial charge in [-0.1, -0.05) is 64.1 Å². The Kier molecular flexibility index (Phi) is 5.61. The molecule has 0 saturated carbocycles. The largest absolute Gasteiger partial charge is 0.471 e. The van der Waals surface area contributed by atoms with Crippen LogP contribution in [0.5, 0.6) is 0 Å². The maximum Gasteiger partial charge on any atom is 0.471 e. The number of allylic oxidation sites excluding steroid dienone is 1. The van der Waals surface area contributed by atoms with Crippen molar-refractivity contribution in [1.82, 2.24) is 0 Å². The van der Waals surface area contributed by atoms with Crippen LogP contribution in [0.3, 0.4) is 0 Å². The number of fused-ring (bicyclic) bond motifs is 1. The van der Waals surface area contributed by atoms with Gasteiger partial charge >= 0.3 is 12.1 Å². The van der Waals surface area contributed by atoms with Crippen LogP contribution < -0.4 is 5.32 Å². The molecule has 1 N–H and O–H groups in total. The standard InChI is InChI=1S/C25H28F3NO/c1-16(18-7-9-19(10-8-18)29-22(30)25(26,27)28)14-17-6-11-20-21(15-17)24(4,5)13-12-23(20,2)3/h6-11,14-15H,12-13H2,1-5H3,(H,29,30)/b16-14-. The highest BCUT2D eigenvalue weighted by Crippen LogP contribution is 2.46. The molecule has 0 unspecified atom stereocenters. The van der Waals surface area contributed by atoms with Gasteiger partial charge in [0.05, 0.1) is 0 Å². The van der Waals surface area contributed by atoms with Crippen LogP contribution in [0, 0.1) is 0 Å². The van der Waals surface area contributed by atoms with Crippen molar-refractivity contribution in [1.29, 1.82) is 0 Å². The molecule has 3 rings (SSSR count). The van der Waals surface area contributed by atoms with Gasteiger partial charge in [0.15, 0.2) is 0 Å². The normalized spacial score (nSPS) is 17.9. The summed E-state index contributed by atoms with van der Waals surface area (Å²) < 4.78 is 37.2. The molecule has 0 atom stereocenters. The Morgan fingerprint density at radius 3 is 2.07 bits per heavy atom. The lowest BCUT2D eigenvalue weighted by molar-refractivity contribution is -0.167. The lowest BCUT2D eigenvalue weighted by Gasteiger charge is -2.42. The van der Waals surface area contributed by atoms with Crippen molar-refractivity contribution in [3.8, 4) is 0 Å². The fraction of sp³-hybridized carbons (Fsp3) is 0.400. The van der Waals surface area contributed by atoms with Crippen molar-refractivity contribution in [2.45, 2.75) is 64.5 Å². The first-order valence-corrected chi connectivity index (χ1v) is 10.1. The van der Waals surface area contributed by atoms with Gasteiger partial charge in [-0.05, 0) is 70.6 Å². The molecule has 160 valence electrons. The summed E-state index contributed by atoms with van der Waals surface area (Å²) in [7, 11) is 0. The Labute approximate surface area is 176 Å². The molecule has 30 heavy (non-hydrogen) atoms. The zero-order chi connectivity index (χ0) is 22.3. The second kappa shape index (κ2) is 7.60. The fourth-order valence-electron chi connectivity index (χ4n) is 4.05. The van der Waals surface area contributed by atoms with Gasteiger partial charge in [0.25, 0.3) is 0 Å². The Morgan fingerprint density at radius 1 is 0.933 bits per heavy atom. The molecule has 0 saturated heterocycles. The summed E-state index contributed by atoms with van der Waals surface area (Å²) >= 11 is 0. The molecule has 1 amide bonds. The second-order valence-corrected chi connectivity index (χ2v) is 9.43. The van der Waals surface area contributed by atoms with E-state index in [9.17, 15) is 18.0 Å². The quantitative estimate of drug-likeness (QED) is 0.532. The number of halogens is 3. The van der Waals surface area contributed by atoms with Crippen LogP contribution in [-0.4, -0.2) is 12.1 Å². The van der Waals surface area contributed by atoms with Crippen molar-refractivity contribution in [3.05, 3.63) is 64.7 Å². The Balaban J connectivity index is 1.85. The van der Waals surface area contributed by atoms with Gasteiger partial charge in [-0.2, -0.15) is 13.2 Å². The van der Waals surface area contributed by atoms with Crippen LogP contribution in [0.15, 0.2) is 42.5 Å². The first-order valence-electron chi connectivity index (χ1n) is 10.1. The molecule has 1 aliphatic rings.